The van der Waals surface area contributed by atoms with Crippen LogP contribution in [0, 0.1) is 6.92 Å². The fourth-order valence-corrected chi connectivity index (χ4v) is 1.47. The maximum atomic E-state index is 11.6. The van der Waals surface area contributed by atoms with Crippen molar-refractivity contribution in [3.63, 3.8) is 0 Å². The molecule has 0 saturated carbocycles. The van der Waals surface area contributed by atoms with E-state index < -0.39 is 0 Å². The van der Waals surface area contributed by atoms with Gasteiger partial charge in [0.05, 0.1) is 0 Å². The zero-order chi connectivity index (χ0) is 13.7. The Balaban J connectivity index is 1.83. The number of nitrogens with two attached hydrogens (primary N) is 1. The average molecular weight is 261 g/mol. The molecule has 2 aromatic rings. The molecule has 2 rings (SSSR count). The molecule has 1 aromatic heterocycles. The molecule has 19 heavy (non-hydrogen) atoms. The lowest BCUT2D eigenvalue weighted by molar-refractivity contribution is -0.118. The van der Waals surface area contributed by atoms with Gasteiger partial charge in [-0.2, -0.15) is 0 Å². The molecule has 100 valence electrons. The molecule has 0 radical (unpaired) electrons. The predicted molar refractivity (Wildman–Crippen MR) is 69.7 cm³/mol. The summed E-state index contributed by atoms with van der Waals surface area (Å²) in [5.41, 5.74) is 7.20. The number of benzene rings is 1. The van der Waals surface area contributed by atoms with Crippen LogP contribution in [-0.4, -0.2) is 17.7 Å². The Labute approximate surface area is 110 Å². The molecule has 0 aliphatic rings. The van der Waals surface area contributed by atoms with Crippen LogP contribution in [0.1, 0.15) is 11.3 Å². The van der Waals surface area contributed by atoms with Crippen LogP contribution >= 0.6 is 0 Å². The molecule has 1 amide bonds. The molecule has 0 bridgehead atoms. The maximum Gasteiger partial charge on any atom is 0.262 e. The van der Waals surface area contributed by atoms with Gasteiger partial charge in [-0.1, -0.05) is 12.1 Å². The third-order valence-corrected chi connectivity index (χ3v) is 2.43. The van der Waals surface area contributed by atoms with Crippen LogP contribution in [0.3, 0.4) is 0 Å². The molecule has 0 unspecified atom stereocenters. The van der Waals surface area contributed by atoms with Gasteiger partial charge in [0.1, 0.15) is 5.76 Å². The molecule has 6 heteroatoms. The Hall–Kier alpha value is -2.34. The van der Waals surface area contributed by atoms with Crippen molar-refractivity contribution >= 4 is 11.6 Å². The number of ether oxygens (including phenoxy) is 1. The largest absolute Gasteiger partial charge is 0.465 e. The summed E-state index contributed by atoms with van der Waals surface area (Å²) in [5, 5.41) is 6.33. The summed E-state index contributed by atoms with van der Waals surface area (Å²) in [6.45, 7) is 2.10. The summed E-state index contributed by atoms with van der Waals surface area (Å²) in [4.78, 5) is 11.6. The van der Waals surface area contributed by atoms with Gasteiger partial charge >= 0.3 is 0 Å². The summed E-state index contributed by atoms with van der Waals surface area (Å²) in [6.07, 6.45) is 0. The van der Waals surface area contributed by atoms with Crippen molar-refractivity contribution in [1.29, 1.82) is 0 Å². The van der Waals surface area contributed by atoms with Gasteiger partial charge in [-0.3, -0.25) is 4.79 Å². The van der Waals surface area contributed by atoms with Crippen molar-refractivity contribution < 1.29 is 14.1 Å². The van der Waals surface area contributed by atoms with E-state index in [1.807, 2.05) is 12.1 Å². The van der Waals surface area contributed by atoms with Crippen LogP contribution in [0.4, 0.5) is 5.69 Å². The van der Waals surface area contributed by atoms with E-state index in [9.17, 15) is 4.79 Å². The Morgan fingerprint density at radius 2 is 2.16 bits per heavy atom. The van der Waals surface area contributed by atoms with Crippen molar-refractivity contribution in [2.24, 2.45) is 5.73 Å². The number of carbonyl (C=O) groups excluding carboxylic acids is 1. The number of hydrogen-bond donors (Lipinski definition) is 2. The monoisotopic (exact) mass is 261 g/mol. The third-order valence-electron chi connectivity index (χ3n) is 2.43. The van der Waals surface area contributed by atoms with Crippen LogP contribution in [-0.2, 0) is 11.3 Å². The minimum atomic E-state index is -0.263. The molecule has 1 heterocycles. The highest BCUT2D eigenvalue weighted by molar-refractivity contribution is 5.91. The SMILES string of the molecule is Cc1cc(OCC(=O)Nc2ccc(CN)cc2)no1. The van der Waals surface area contributed by atoms with E-state index >= 15 is 0 Å². The van der Waals surface area contributed by atoms with Gasteiger partial charge in [-0.15, -0.1) is 0 Å². The van der Waals surface area contributed by atoms with Crippen LogP contribution in [0.25, 0.3) is 0 Å². The van der Waals surface area contributed by atoms with E-state index in [2.05, 4.69) is 10.5 Å². The molecular weight excluding hydrogens is 246 g/mol. The highest BCUT2D eigenvalue weighted by Crippen LogP contribution is 2.11. The summed E-state index contributed by atoms with van der Waals surface area (Å²) in [7, 11) is 0. The molecule has 0 spiro atoms. The fraction of sp³-hybridized carbons (Fsp3) is 0.231. The minimum Gasteiger partial charge on any atom is -0.465 e. The number of anilines is 1. The number of amides is 1. The van der Waals surface area contributed by atoms with Gasteiger partial charge in [0.2, 0.25) is 0 Å². The number of nitrogens with one attached hydrogen (secondary N) is 1. The molecule has 6 nitrogen and oxygen atoms in total. The smallest absolute Gasteiger partial charge is 0.262 e. The quantitative estimate of drug-likeness (QED) is 0.850. The highest BCUT2D eigenvalue weighted by atomic mass is 16.5. The van der Waals surface area contributed by atoms with E-state index in [1.54, 1.807) is 25.1 Å². The van der Waals surface area contributed by atoms with Crippen LogP contribution in [0.15, 0.2) is 34.9 Å². The number of rotatable bonds is 5. The summed E-state index contributed by atoms with van der Waals surface area (Å²) >= 11 is 0. The second-order valence-electron chi connectivity index (χ2n) is 4.01. The molecule has 3 N–H and O–H groups in total. The van der Waals surface area contributed by atoms with Crippen LogP contribution < -0.4 is 15.8 Å². The molecule has 0 fully saturated rings. The number of hydrogen-bond acceptors (Lipinski definition) is 5. The first-order valence-corrected chi connectivity index (χ1v) is 5.82. The Morgan fingerprint density at radius 3 is 2.74 bits per heavy atom. The predicted octanol–water partition coefficient (Wildman–Crippen LogP) is 1.46. The average Bonchev–Trinajstić information content (AvgIpc) is 2.83. The van der Waals surface area contributed by atoms with E-state index in [-0.39, 0.29) is 12.5 Å². The Kier molecular flexibility index (Phi) is 4.15. The van der Waals surface area contributed by atoms with E-state index in [0.29, 0.717) is 23.9 Å². The molecule has 0 aliphatic heterocycles. The van der Waals surface area contributed by atoms with Gasteiger partial charge in [0, 0.05) is 18.3 Å². The van der Waals surface area contributed by atoms with Crippen molar-refractivity contribution in [2.75, 3.05) is 11.9 Å². The maximum absolute atomic E-state index is 11.6. The van der Waals surface area contributed by atoms with Gasteiger partial charge in [0.15, 0.2) is 6.61 Å². The van der Waals surface area contributed by atoms with Crippen molar-refractivity contribution in [2.45, 2.75) is 13.5 Å². The third kappa shape index (κ3) is 3.82. The number of aryl methyl sites for hydroxylation is 1. The second kappa shape index (κ2) is 6.01. The topological polar surface area (TPSA) is 90.4 Å². The van der Waals surface area contributed by atoms with Crippen molar-refractivity contribution in [1.82, 2.24) is 5.16 Å². The van der Waals surface area contributed by atoms with Crippen LogP contribution in [0.2, 0.25) is 0 Å². The fourth-order valence-electron chi connectivity index (χ4n) is 1.47. The number of nitrogens with zero attached hydrogens (tertiary/aromatic N) is 1. The number of aromatic nitrogens is 1. The minimum absolute atomic E-state index is 0.120. The van der Waals surface area contributed by atoms with Gasteiger partial charge in [-0.05, 0) is 29.8 Å². The highest BCUT2D eigenvalue weighted by Gasteiger charge is 2.06. The first-order valence-electron chi connectivity index (χ1n) is 5.82. The van der Waals surface area contributed by atoms with Gasteiger partial charge < -0.3 is 20.3 Å². The van der Waals surface area contributed by atoms with Crippen molar-refractivity contribution in [3.05, 3.63) is 41.7 Å². The molecule has 0 atom stereocenters. The lowest BCUT2D eigenvalue weighted by atomic mass is 10.2. The normalized spacial score (nSPS) is 10.2. The van der Waals surface area contributed by atoms with Gasteiger partial charge in [0.25, 0.3) is 11.8 Å². The summed E-state index contributed by atoms with van der Waals surface area (Å²) in [5.74, 6) is 0.667. The molecule has 0 aliphatic carbocycles. The lowest BCUT2D eigenvalue weighted by Crippen LogP contribution is -2.20. The summed E-state index contributed by atoms with van der Waals surface area (Å²) in [6, 6.07) is 8.92. The Bertz CT molecular complexity index is 549. The first-order chi connectivity index (χ1) is 9.17. The van der Waals surface area contributed by atoms with Gasteiger partial charge in [-0.25, -0.2) is 0 Å². The second-order valence-corrected chi connectivity index (χ2v) is 4.01. The molecule has 0 saturated heterocycles. The standard InChI is InChI=1S/C13H15N3O3/c1-9-6-13(16-19-9)18-8-12(17)15-11-4-2-10(7-14)3-5-11/h2-6H,7-8,14H2,1H3,(H,15,17). The van der Waals surface area contributed by atoms with Crippen LogP contribution in [0.5, 0.6) is 5.88 Å². The van der Waals surface area contributed by atoms with Crippen molar-refractivity contribution in [3.8, 4) is 5.88 Å². The van der Waals surface area contributed by atoms with E-state index in [4.69, 9.17) is 15.0 Å². The lowest BCUT2D eigenvalue weighted by Gasteiger charge is -2.06. The summed E-state index contributed by atoms with van der Waals surface area (Å²) < 4.78 is 9.99. The van der Waals surface area contributed by atoms with E-state index in [1.165, 1.54) is 0 Å². The molecular formula is C13H15N3O3. The van der Waals surface area contributed by atoms with E-state index in [0.717, 1.165) is 5.56 Å². The number of carbonyl (C=O) groups is 1. The zero-order valence-electron chi connectivity index (χ0n) is 10.6. The Morgan fingerprint density at radius 1 is 1.42 bits per heavy atom. The first kappa shape index (κ1) is 13.1. The molecule has 1 aromatic carbocycles. The zero-order valence-corrected chi connectivity index (χ0v) is 10.6.